The Balaban J connectivity index is 1.58. The summed E-state index contributed by atoms with van der Waals surface area (Å²) < 4.78 is 7.86. The predicted octanol–water partition coefficient (Wildman–Crippen LogP) is 0.600. The SMILES string of the molecule is CCCn1nnnc1CN1CCOC(CN(CC)c2cccnn2)C1. The highest BCUT2D eigenvalue weighted by molar-refractivity contribution is 5.36. The van der Waals surface area contributed by atoms with Gasteiger partial charge in [-0.15, -0.1) is 10.2 Å². The lowest BCUT2D eigenvalue weighted by atomic mass is 10.2. The molecule has 0 spiro atoms. The second kappa shape index (κ2) is 8.82. The van der Waals surface area contributed by atoms with Gasteiger partial charge in [-0.25, -0.2) is 4.68 Å². The van der Waals surface area contributed by atoms with Gasteiger partial charge in [0, 0.05) is 38.9 Å². The number of hydrogen-bond acceptors (Lipinski definition) is 8. The quantitative estimate of drug-likeness (QED) is 0.687. The summed E-state index contributed by atoms with van der Waals surface area (Å²) in [6, 6.07) is 3.89. The maximum Gasteiger partial charge on any atom is 0.165 e. The van der Waals surface area contributed by atoms with Gasteiger partial charge >= 0.3 is 0 Å². The molecule has 9 heteroatoms. The highest BCUT2D eigenvalue weighted by atomic mass is 16.5. The van der Waals surface area contributed by atoms with Crippen LogP contribution < -0.4 is 4.90 Å². The van der Waals surface area contributed by atoms with Crippen molar-refractivity contribution in [1.82, 2.24) is 35.3 Å². The Morgan fingerprint density at radius 2 is 2.24 bits per heavy atom. The molecule has 1 fully saturated rings. The van der Waals surface area contributed by atoms with Crippen molar-refractivity contribution < 1.29 is 4.74 Å². The van der Waals surface area contributed by atoms with Crippen molar-refractivity contribution in [3.8, 4) is 0 Å². The van der Waals surface area contributed by atoms with E-state index in [0.717, 1.165) is 63.9 Å². The van der Waals surface area contributed by atoms with Crippen molar-refractivity contribution in [2.75, 3.05) is 37.7 Å². The lowest BCUT2D eigenvalue weighted by Gasteiger charge is -2.35. The average molecular weight is 346 g/mol. The van der Waals surface area contributed by atoms with Crippen LogP contribution in [0.5, 0.6) is 0 Å². The molecule has 1 saturated heterocycles. The molecule has 0 aromatic carbocycles. The summed E-state index contributed by atoms with van der Waals surface area (Å²) in [5.74, 6) is 1.81. The highest BCUT2D eigenvalue weighted by Gasteiger charge is 2.24. The lowest BCUT2D eigenvalue weighted by molar-refractivity contribution is -0.0280. The largest absolute Gasteiger partial charge is 0.374 e. The predicted molar refractivity (Wildman–Crippen MR) is 93.0 cm³/mol. The Bertz CT molecular complexity index is 634. The summed E-state index contributed by atoms with van der Waals surface area (Å²) in [6.07, 6.45) is 2.84. The summed E-state index contributed by atoms with van der Waals surface area (Å²) >= 11 is 0. The van der Waals surface area contributed by atoms with Gasteiger partial charge in [0.05, 0.1) is 19.3 Å². The number of rotatable bonds is 8. The Morgan fingerprint density at radius 1 is 1.32 bits per heavy atom. The summed E-state index contributed by atoms with van der Waals surface area (Å²) in [5.41, 5.74) is 0. The van der Waals surface area contributed by atoms with Crippen LogP contribution in [0.4, 0.5) is 5.82 Å². The molecule has 3 rings (SSSR count). The van der Waals surface area contributed by atoms with Crippen molar-refractivity contribution in [1.29, 1.82) is 0 Å². The molecule has 0 bridgehead atoms. The highest BCUT2D eigenvalue weighted by Crippen LogP contribution is 2.14. The summed E-state index contributed by atoms with van der Waals surface area (Å²) in [7, 11) is 0. The third-order valence-electron chi connectivity index (χ3n) is 4.32. The van der Waals surface area contributed by atoms with Crippen LogP contribution in [0, 0.1) is 0 Å². The minimum Gasteiger partial charge on any atom is -0.374 e. The van der Waals surface area contributed by atoms with Crippen molar-refractivity contribution in [3.63, 3.8) is 0 Å². The molecule has 2 aromatic rings. The number of aryl methyl sites for hydroxylation is 1. The number of aromatic nitrogens is 6. The number of ether oxygens (including phenoxy) is 1. The van der Waals surface area contributed by atoms with Crippen LogP contribution in [0.15, 0.2) is 18.3 Å². The van der Waals surface area contributed by atoms with E-state index in [2.05, 4.69) is 49.4 Å². The van der Waals surface area contributed by atoms with E-state index < -0.39 is 0 Å². The van der Waals surface area contributed by atoms with E-state index in [4.69, 9.17) is 4.74 Å². The van der Waals surface area contributed by atoms with Crippen molar-refractivity contribution >= 4 is 5.82 Å². The zero-order chi connectivity index (χ0) is 17.5. The zero-order valence-electron chi connectivity index (χ0n) is 15.0. The van der Waals surface area contributed by atoms with Crippen LogP contribution in [0.2, 0.25) is 0 Å². The monoisotopic (exact) mass is 346 g/mol. The van der Waals surface area contributed by atoms with Gasteiger partial charge in [-0.1, -0.05) is 6.92 Å². The molecule has 1 atom stereocenters. The Kier molecular flexibility index (Phi) is 6.24. The van der Waals surface area contributed by atoms with Crippen LogP contribution >= 0.6 is 0 Å². The van der Waals surface area contributed by atoms with E-state index in [1.54, 1.807) is 6.20 Å². The minimum absolute atomic E-state index is 0.131. The number of tetrazole rings is 1. The fourth-order valence-corrected chi connectivity index (χ4v) is 3.05. The van der Waals surface area contributed by atoms with Gasteiger partial charge in [-0.05, 0) is 35.9 Å². The molecule has 0 radical (unpaired) electrons. The first-order valence-electron chi connectivity index (χ1n) is 8.91. The lowest BCUT2D eigenvalue weighted by Crippen LogP contribution is -2.47. The molecule has 0 amide bonds. The molecule has 0 N–H and O–H groups in total. The molecule has 0 saturated carbocycles. The fourth-order valence-electron chi connectivity index (χ4n) is 3.05. The zero-order valence-corrected chi connectivity index (χ0v) is 15.0. The van der Waals surface area contributed by atoms with Crippen molar-refractivity contribution in [2.45, 2.75) is 39.5 Å². The first-order valence-corrected chi connectivity index (χ1v) is 8.91. The van der Waals surface area contributed by atoms with Gasteiger partial charge in [-0.3, -0.25) is 4.90 Å². The van der Waals surface area contributed by atoms with Crippen LogP contribution in [-0.2, 0) is 17.8 Å². The molecule has 1 unspecified atom stereocenters. The molecular formula is C16H26N8O. The van der Waals surface area contributed by atoms with E-state index in [1.165, 1.54) is 0 Å². The van der Waals surface area contributed by atoms with Gasteiger partial charge in [-0.2, -0.15) is 5.10 Å². The van der Waals surface area contributed by atoms with Gasteiger partial charge in [0.1, 0.15) is 0 Å². The number of nitrogens with zero attached hydrogens (tertiary/aromatic N) is 8. The van der Waals surface area contributed by atoms with Gasteiger partial charge < -0.3 is 9.64 Å². The molecule has 1 aliphatic heterocycles. The fraction of sp³-hybridized carbons (Fsp3) is 0.688. The number of anilines is 1. The summed E-state index contributed by atoms with van der Waals surface area (Å²) in [5, 5.41) is 20.2. The van der Waals surface area contributed by atoms with E-state index >= 15 is 0 Å². The molecule has 25 heavy (non-hydrogen) atoms. The molecule has 2 aromatic heterocycles. The molecule has 9 nitrogen and oxygen atoms in total. The van der Waals surface area contributed by atoms with Crippen molar-refractivity contribution in [2.24, 2.45) is 0 Å². The van der Waals surface area contributed by atoms with Crippen LogP contribution in [-0.4, -0.2) is 74.2 Å². The van der Waals surface area contributed by atoms with Gasteiger partial charge in [0.25, 0.3) is 0 Å². The number of hydrogen-bond donors (Lipinski definition) is 0. The van der Waals surface area contributed by atoms with Gasteiger partial charge in [0.2, 0.25) is 0 Å². The topological polar surface area (TPSA) is 85.1 Å². The maximum atomic E-state index is 5.97. The summed E-state index contributed by atoms with van der Waals surface area (Å²) in [4.78, 5) is 4.55. The first-order chi connectivity index (χ1) is 12.3. The number of morpholine rings is 1. The molecule has 0 aliphatic carbocycles. The van der Waals surface area contributed by atoms with E-state index in [-0.39, 0.29) is 6.10 Å². The third kappa shape index (κ3) is 4.70. The second-order valence-electron chi connectivity index (χ2n) is 6.17. The smallest absolute Gasteiger partial charge is 0.165 e. The van der Waals surface area contributed by atoms with Crippen LogP contribution in [0.25, 0.3) is 0 Å². The van der Waals surface area contributed by atoms with E-state index in [9.17, 15) is 0 Å². The van der Waals surface area contributed by atoms with Crippen molar-refractivity contribution in [3.05, 3.63) is 24.2 Å². The molecule has 3 heterocycles. The normalized spacial score (nSPS) is 18.4. The number of likely N-dealkylation sites (N-methyl/N-ethyl adjacent to an activating group) is 1. The molecular weight excluding hydrogens is 320 g/mol. The molecule has 1 aliphatic rings. The summed E-state index contributed by atoms with van der Waals surface area (Å²) in [6.45, 7) is 9.99. The Morgan fingerprint density at radius 3 is 3.00 bits per heavy atom. The maximum absolute atomic E-state index is 5.97. The van der Waals surface area contributed by atoms with Crippen LogP contribution in [0.3, 0.4) is 0 Å². The minimum atomic E-state index is 0.131. The van der Waals surface area contributed by atoms with Gasteiger partial charge in [0.15, 0.2) is 11.6 Å². The standard InChI is InChI=1S/C16H26N8O/c1-3-8-24-16(19-20-21-24)13-22-9-10-25-14(11-22)12-23(4-2)15-6-5-7-17-18-15/h5-7,14H,3-4,8-13H2,1-2H3. The Hall–Kier alpha value is -2.13. The third-order valence-corrected chi connectivity index (χ3v) is 4.32. The molecule has 136 valence electrons. The second-order valence-corrected chi connectivity index (χ2v) is 6.17. The Labute approximate surface area is 148 Å². The van der Waals surface area contributed by atoms with E-state index in [0.29, 0.717) is 0 Å². The average Bonchev–Trinajstić information content (AvgIpc) is 3.08. The van der Waals surface area contributed by atoms with E-state index in [1.807, 2.05) is 16.8 Å². The first kappa shape index (κ1) is 17.7. The van der Waals surface area contributed by atoms with Crippen LogP contribution in [0.1, 0.15) is 26.1 Å².